The van der Waals surface area contributed by atoms with Crippen LogP contribution in [0.3, 0.4) is 0 Å². The molecular formula is C35H54N2O2. The number of phenolic OH excluding ortho intramolecular Hbond substituents is 2. The van der Waals surface area contributed by atoms with E-state index in [4.69, 9.17) is 4.99 Å². The van der Waals surface area contributed by atoms with Crippen molar-refractivity contribution in [1.82, 2.24) is 0 Å². The number of nitrogens with zero attached hydrogens (tertiary/aromatic N) is 2. The van der Waals surface area contributed by atoms with Gasteiger partial charge in [-0.25, -0.2) is 0 Å². The highest BCUT2D eigenvalue weighted by molar-refractivity contribution is 5.84. The summed E-state index contributed by atoms with van der Waals surface area (Å²) in [6.07, 6.45) is 20.8. The lowest BCUT2D eigenvalue weighted by Gasteiger charge is -2.14. The summed E-state index contributed by atoms with van der Waals surface area (Å²) in [6.45, 7) is 9.29. The third-order valence-electron chi connectivity index (χ3n) is 7.53. The first kappa shape index (κ1) is 32.6. The molecule has 0 aromatic heterocycles. The van der Waals surface area contributed by atoms with Gasteiger partial charge >= 0.3 is 0 Å². The molecule has 2 rings (SSSR count). The van der Waals surface area contributed by atoms with Gasteiger partial charge < -0.3 is 10.2 Å². The maximum absolute atomic E-state index is 10.5. The van der Waals surface area contributed by atoms with Gasteiger partial charge in [0.2, 0.25) is 0 Å². The zero-order valence-electron chi connectivity index (χ0n) is 25.2. The average Bonchev–Trinajstić information content (AvgIpc) is 2.91. The third kappa shape index (κ3) is 13.3. The second-order valence-electron chi connectivity index (χ2n) is 11.4. The largest absolute Gasteiger partial charge is 0.507 e. The van der Waals surface area contributed by atoms with Gasteiger partial charge in [-0.2, -0.15) is 0 Å². The van der Waals surface area contributed by atoms with Crippen LogP contribution in [0.15, 0.2) is 46.4 Å². The Labute approximate surface area is 238 Å². The first-order chi connectivity index (χ1) is 18.9. The predicted octanol–water partition coefficient (Wildman–Crippen LogP) is 9.47. The van der Waals surface area contributed by atoms with Crippen LogP contribution < -0.4 is 0 Å². The van der Waals surface area contributed by atoms with Crippen LogP contribution in [0.25, 0.3) is 0 Å². The lowest BCUT2D eigenvalue weighted by Crippen LogP contribution is -2.17. The van der Waals surface area contributed by atoms with Gasteiger partial charge in [0.15, 0.2) is 0 Å². The van der Waals surface area contributed by atoms with Crippen LogP contribution in [0.4, 0.5) is 0 Å². The van der Waals surface area contributed by atoms with Crippen molar-refractivity contribution in [2.45, 2.75) is 124 Å². The van der Waals surface area contributed by atoms with Crippen LogP contribution >= 0.6 is 0 Å². The topological polar surface area (TPSA) is 65.2 Å². The predicted molar refractivity (Wildman–Crippen MR) is 169 cm³/mol. The number of unbranched alkanes of at least 4 members (excludes halogenated alkanes) is 10. The minimum atomic E-state index is -0.00225. The molecule has 0 saturated heterocycles. The summed E-state index contributed by atoms with van der Waals surface area (Å²) in [5.74, 6) is 0.887. The molecule has 2 N–H and O–H groups in total. The van der Waals surface area contributed by atoms with E-state index in [1.165, 1.54) is 88.2 Å². The minimum absolute atomic E-state index is 0.00225. The van der Waals surface area contributed by atoms with Crippen LogP contribution in [-0.4, -0.2) is 35.2 Å². The number of aryl methyl sites for hydroxylation is 2. The van der Waals surface area contributed by atoms with Crippen molar-refractivity contribution in [3.63, 3.8) is 0 Å². The smallest absolute Gasteiger partial charge is 0.124 e. The molecule has 2 aromatic rings. The number of rotatable bonds is 20. The van der Waals surface area contributed by atoms with E-state index < -0.39 is 0 Å². The zero-order chi connectivity index (χ0) is 28.3. The summed E-state index contributed by atoms with van der Waals surface area (Å²) in [4.78, 5) is 9.36. The van der Waals surface area contributed by atoms with E-state index >= 15 is 0 Å². The number of phenols is 2. The Morgan fingerprint density at radius 2 is 1.10 bits per heavy atom. The SMILES string of the molecule is CCCCCCCCc1ccc(C=NC[C@@H](N=Cc2ccc(CCCCCCCC)cc2O)C(C)C)c(O)c1. The first-order valence-corrected chi connectivity index (χ1v) is 15.6. The monoisotopic (exact) mass is 534 g/mol. The van der Waals surface area contributed by atoms with Crippen LogP contribution in [-0.2, 0) is 12.8 Å². The maximum Gasteiger partial charge on any atom is 0.124 e. The lowest BCUT2D eigenvalue weighted by atomic mass is 10.0. The fourth-order valence-corrected chi connectivity index (χ4v) is 4.79. The van der Waals surface area contributed by atoms with E-state index in [-0.39, 0.29) is 11.8 Å². The number of aromatic hydroxyl groups is 2. The van der Waals surface area contributed by atoms with Gasteiger partial charge in [0.25, 0.3) is 0 Å². The summed E-state index contributed by atoms with van der Waals surface area (Å²) in [5, 5.41) is 21.0. The molecule has 0 aliphatic carbocycles. The number of hydrogen-bond donors (Lipinski definition) is 2. The van der Waals surface area contributed by atoms with Crippen molar-refractivity contribution >= 4 is 12.4 Å². The van der Waals surface area contributed by atoms with Gasteiger partial charge in [0.05, 0.1) is 12.6 Å². The van der Waals surface area contributed by atoms with Crippen molar-refractivity contribution < 1.29 is 10.2 Å². The molecule has 0 heterocycles. The summed E-state index contributed by atoms with van der Waals surface area (Å²) in [7, 11) is 0. The van der Waals surface area contributed by atoms with E-state index in [9.17, 15) is 10.2 Å². The Kier molecular flexibility index (Phi) is 16.2. The second-order valence-corrected chi connectivity index (χ2v) is 11.4. The molecule has 0 unspecified atom stereocenters. The molecule has 0 saturated carbocycles. The molecule has 4 heteroatoms. The Bertz CT molecular complexity index is 996. The third-order valence-corrected chi connectivity index (χ3v) is 7.53. The van der Waals surface area contributed by atoms with Crippen molar-refractivity contribution in [3.05, 3.63) is 58.7 Å². The Hall–Kier alpha value is -2.62. The number of aliphatic imine (C=N–C) groups is 2. The number of hydrogen-bond acceptors (Lipinski definition) is 4. The Balaban J connectivity index is 1.86. The molecule has 0 aliphatic rings. The van der Waals surface area contributed by atoms with Gasteiger partial charge in [-0.15, -0.1) is 0 Å². The van der Waals surface area contributed by atoms with Gasteiger partial charge in [-0.3, -0.25) is 9.98 Å². The minimum Gasteiger partial charge on any atom is -0.507 e. The molecule has 0 radical (unpaired) electrons. The highest BCUT2D eigenvalue weighted by atomic mass is 16.3. The fourth-order valence-electron chi connectivity index (χ4n) is 4.79. The molecular weight excluding hydrogens is 480 g/mol. The number of benzene rings is 2. The van der Waals surface area contributed by atoms with Gasteiger partial charge in [-0.05, 0) is 67.0 Å². The van der Waals surface area contributed by atoms with Crippen LogP contribution in [0.2, 0.25) is 0 Å². The molecule has 0 fully saturated rings. The molecule has 0 bridgehead atoms. The average molecular weight is 535 g/mol. The van der Waals surface area contributed by atoms with Gasteiger partial charge in [0.1, 0.15) is 11.5 Å². The highest BCUT2D eigenvalue weighted by Gasteiger charge is 2.11. The quantitative estimate of drug-likeness (QED) is 0.131. The summed E-state index contributed by atoms with van der Waals surface area (Å²) in [5.41, 5.74) is 3.85. The van der Waals surface area contributed by atoms with E-state index in [2.05, 4.69) is 44.8 Å². The van der Waals surface area contributed by atoms with E-state index in [1.54, 1.807) is 12.4 Å². The van der Waals surface area contributed by atoms with Crippen molar-refractivity contribution in [3.8, 4) is 11.5 Å². The Morgan fingerprint density at radius 1 is 0.641 bits per heavy atom. The van der Waals surface area contributed by atoms with E-state index in [1.807, 2.05) is 24.3 Å². The molecule has 1 atom stereocenters. The fraction of sp³-hybridized carbons (Fsp3) is 0.600. The summed E-state index contributed by atoms with van der Waals surface area (Å²) >= 11 is 0. The summed E-state index contributed by atoms with van der Waals surface area (Å²) < 4.78 is 0. The van der Waals surface area contributed by atoms with Crippen LogP contribution in [0.5, 0.6) is 11.5 Å². The zero-order valence-corrected chi connectivity index (χ0v) is 25.2. The Morgan fingerprint density at radius 3 is 1.56 bits per heavy atom. The van der Waals surface area contributed by atoms with Crippen molar-refractivity contribution in [1.29, 1.82) is 0 Å². The van der Waals surface area contributed by atoms with Gasteiger partial charge in [0, 0.05) is 23.6 Å². The first-order valence-electron chi connectivity index (χ1n) is 15.6. The van der Waals surface area contributed by atoms with Crippen molar-refractivity contribution in [2.75, 3.05) is 6.54 Å². The molecule has 39 heavy (non-hydrogen) atoms. The normalized spacial score (nSPS) is 12.7. The molecule has 0 amide bonds. The maximum atomic E-state index is 10.5. The van der Waals surface area contributed by atoms with E-state index in [0.717, 1.165) is 24.0 Å². The molecule has 216 valence electrons. The second kappa shape index (κ2) is 19.4. The molecule has 4 nitrogen and oxygen atoms in total. The van der Waals surface area contributed by atoms with Crippen LogP contribution in [0, 0.1) is 5.92 Å². The lowest BCUT2D eigenvalue weighted by molar-refractivity contribution is 0.472. The van der Waals surface area contributed by atoms with Gasteiger partial charge in [-0.1, -0.05) is 104 Å². The summed E-state index contributed by atoms with van der Waals surface area (Å²) in [6, 6.07) is 11.9. The molecule has 2 aromatic carbocycles. The van der Waals surface area contributed by atoms with Crippen LogP contribution in [0.1, 0.15) is 127 Å². The standard InChI is InChI=1S/C35H54N2O2/c1-5-7-9-11-13-15-17-29-19-21-31(34(38)23-29)25-36-27-33(28(3)4)37-26-32-22-20-30(24-35(32)39)18-16-14-12-10-8-6-2/h19-26,28,33,38-39H,5-18,27H2,1-4H3/t33-/m1/s1. The molecule has 0 spiro atoms. The van der Waals surface area contributed by atoms with E-state index in [0.29, 0.717) is 18.2 Å². The van der Waals surface area contributed by atoms with Crippen molar-refractivity contribution in [2.24, 2.45) is 15.9 Å². The molecule has 0 aliphatic heterocycles. The highest BCUT2D eigenvalue weighted by Crippen LogP contribution is 2.21.